The van der Waals surface area contributed by atoms with Crippen LogP contribution < -0.4 is 5.73 Å². The molecule has 0 aliphatic heterocycles. The van der Waals surface area contributed by atoms with Crippen molar-refractivity contribution in [2.75, 3.05) is 0 Å². The molecule has 0 aromatic rings. The highest BCUT2D eigenvalue weighted by Gasteiger charge is 2.34. The molecule has 1 atom stereocenters. The smallest absolute Gasteiger partial charge is 0.411 e. The third-order valence-corrected chi connectivity index (χ3v) is 3.40. The number of carbonyl (C=O) groups is 2. The number of primary amides is 1. The molecule has 0 bridgehead atoms. The van der Waals surface area contributed by atoms with Crippen molar-refractivity contribution in [2.45, 2.75) is 77.5 Å². The lowest BCUT2D eigenvalue weighted by atomic mass is 9.93. The predicted molar refractivity (Wildman–Crippen MR) is 73.6 cm³/mol. The second-order valence-corrected chi connectivity index (χ2v) is 6.26. The largest absolute Gasteiger partial charge is 0.444 e. The van der Waals surface area contributed by atoms with Crippen LogP contribution in [0.4, 0.5) is 4.79 Å². The van der Waals surface area contributed by atoms with Crippen LogP contribution in [-0.4, -0.2) is 34.6 Å². The van der Waals surface area contributed by atoms with Gasteiger partial charge < -0.3 is 10.5 Å². The first kappa shape index (κ1) is 15.8. The van der Waals surface area contributed by atoms with Gasteiger partial charge in [0.15, 0.2) is 0 Å². The quantitative estimate of drug-likeness (QED) is 0.856. The van der Waals surface area contributed by atoms with Gasteiger partial charge in [-0.3, -0.25) is 9.69 Å². The summed E-state index contributed by atoms with van der Waals surface area (Å²) in [6, 6.07) is -0.566. The zero-order chi connectivity index (χ0) is 14.6. The van der Waals surface area contributed by atoms with E-state index >= 15 is 0 Å². The van der Waals surface area contributed by atoms with Crippen molar-refractivity contribution in [3.05, 3.63) is 0 Å². The molecular formula is C14H26N2O3. The van der Waals surface area contributed by atoms with Crippen LogP contribution in [0.2, 0.25) is 0 Å². The first-order valence-electron chi connectivity index (χ1n) is 7.03. The average Bonchev–Trinajstić information content (AvgIpc) is 2.28. The van der Waals surface area contributed by atoms with Crippen LogP contribution in [0.3, 0.4) is 0 Å². The normalized spacial score (nSPS) is 18.7. The van der Waals surface area contributed by atoms with E-state index in [9.17, 15) is 9.59 Å². The molecule has 1 aliphatic rings. The van der Waals surface area contributed by atoms with Crippen LogP contribution in [0.1, 0.15) is 59.8 Å². The van der Waals surface area contributed by atoms with Crippen LogP contribution in [-0.2, 0) is 9.53 Å². The summed E-state index contributed by atoms with van der Waals surface area (Å²) in [7, 11) is 0. The minimum Gasteiger partial charge on any atom is -0.444 e. The SMILES string of the molecule is CC(C(N)=O)N(C(=O)OC(C)(C)C)C1CCCCC1. The summed E-state index contributed by atoms with van der Waals surface area (Å²) in [6.45, 7) is 7.12. The summed E-state index contributed by atoms with van der Waals surface area (Å²) < 4.78 is 5.40. The minimum atomic E-state index is -0.627. The van der Waals surface area contributed by atoms with E-state index in [0.29, 0.717) is 0 Å². The first-order chi connectivity index (χ1) is 8.72. The molecule has 1 rings (SSSR count). The molecule has 2 N–H and O–H groups in total. The topological polar surface area (TPSA) is 72.6 Å². The summed E-state index contributed by atoms with van der Waals surface area (Å²) in [5, 5.41) is 0. The van der Waals surface area contributed by atoms with Gasteiger partial charge in [0.05, 0.1) is 0 Å². The molecule has 110 valence electrons. The van der Waals surface area contributed by atoms with Crippen LogP contribution in [0.25, 0.3) is 0 Å². The maximum absolute atomic E-state index is 12.3. The highest BCUT2D eigenvalue weighted by atomic mass is 16.6. The third kappa shape index (κ3) is 4.73. The average molecular weight is 270 g/mol. The highest BCUT2D eigenvalue weighted by molar-refractivity contribution is 5.84. The lowest BCUT2D eigenvalue weighted by molar-refractivity contribution is -0.123. The number of hydrogen-bond donors (Lipinski definition) is 1. The molecule has 0 aromatic carbocycles. The zero-order valence-electron chi connectivity index (χ0n) is 12.4. The molecule has 1 saturated carbocycles. The van der Waals surface area contributed by atoms with Gasteiger partial charge in [-0.2, -0.15) is 0 Å². The molecule has 5 heteroatoms. The van der Waals surface area contributed by atoms with E-state index in [1.54, 1.807) is 6.92 Å². The maximum atomic E-state index is 12.3. The van der Waals surface area contributed by atoms with Gasteiger partial charge in [-0.05, 0) is 40.5 Å². The summed E-state index contributed by atoms with van der Waals surface area (Å²) in [5.74, 6) is -0.489. The molecule has 19 heavy (non-hydrogen) atoms. The fourth-order valence-corrected chi connectivity index (χ4v) is 2.43. The Morgan fingerprint density at radius 1 is 1.21 bits per heavy atom. The predicted octanol–water partition coefficient (Wildman–Crippen LogP) is 2.43. The fraction of sp³-hybridized carbons (Fsp3) is 0.857. The Morgan fingerprint density at radius 2 is 1.74 bits per heavy atom. The van der Waals surface area contributed by atoms with Crippen molar-refractivity contribution in [1.29, 1.82) is 0 Å². The van der Waals surface area contributed by atoms with Crippen molar-refractivity contribution in [3.8, 4) is 0 Å². The molecule has 5 nitrogen and oxygen atoms in total. The monoisotopic (exact) mass is 270 g/mol. The van der Waals surface area contributed by atoms with Gasteiger partial charge in [0.25, 0.3) is 0 Å². The first-order valence-corrected chi connectivity index (χ1v) is 7.03. The van der Waals surface area contributed by atoms with E-state index in [2.05, 4.69) is 0 Å². The Hall–Kier alpha value is -1.26. The molecule has 0 heterocycles. The molecule has 1 aliphatic carbocycles. The van der Waals surface area contributed by atoms with Crippen LogP contribution in [0, 0.1) is 0 Å². The van der Waals surface area contributed by atoms with E-state index in [4.69, 9.17) is 10.5 Å². The van der Waals surface area contributed by atoms with Crippen molar-refractivity contribution >= 4 is 12.0 Å². The van der Waals surface area contributed by atoms with Crippen molar-refractivity contribution in [1.82, 2.24) is 4.90 Å². The highest BCUT2D eigenvalue weighted by Crippen LogP contribution is 2.26. The summed E-state index contributed by atoms with van der Waals surface area (Å²) in [6.07, 6.45) is 4.73. The van der Waals surface area contributed by atoms with Crippen LogP contribution in [0.5, 0.6) is 0 Å². The van der Waals surface area contributed by atoms with Gasteiger partial charge in [-0.1, -0.05) is 19.3 Å². The number of hydrogen-bond acceptors (Lipinski definition) is 3. The van der Waals surface area contributed by atoms with Gasteiger partial charge in [0.1, 0.15) is 11.6 Å². The van der Waals surface area contributed by atoms with E-state index in [-0.39, 0.29) is 6.04 Å². The Labute approximate surface area is 115 Å². The minimum absolute atomic E-state index is 0.0612. The maximum Gasteiger partial charge on any atom is 0.411 e. The second kappa shape index (κ2) is 6.26. The molecule has 1 unspecified atom stereocenters. The molecule has 0 radical (unpaired) electrons. The van der Waals surface area contributed by atoms with E-state index in [0.717, 1.165) is 25.7 Å². The zero-order valence-corrected chi connectivity index (χ0v) is 12.4. The number of carbonyl (C=O) groups excluding carboxylic acids is 2. The number of nitrogens with zero attached hydrogens (tertiary/aromatic N) is 1. The molecule has 2 amide bonds. The van der Waals surface area contributed by atoms with Gasteiger partial charge in [0.2, 0.25) is 5.91 Å². The van der Waals surface area contributed by atoms with Crippen LogP contribution in [0.15, 0.2) is 0 Å². The van der Waals surface area contributed by atoms with E-state index < -0.39 is 23.6 Å². The van der Waals surface area contributed by atoms with Gasteiger partial charge in [-0.15, -0.1) is 0 Å². The van der Waals surface area contributed by atoms with Gasteiger partial charge in [-0.25, -0.2) is 4.79 Å². The lowest BCUT2D eigenvalue weighted by Crippen LogP contribution is -2.53. The molecule has 0 saturated heterocycles. The van der Waals surface area contributed by atoms with Crippen molar-refractivity contribution < 1.29 is 14.3 Å². The summed E-state index contributed by atoms with van der Waals surface area (Å²) in [5.41, 5.74) is 4.79. The van der Waals surface area contributed by atoms with E-state index in [1.165, 1.54) is 11.3 Å². The summed E-state index contributed by atoms with van der Waals surface area (Å²) >= 11 is 0. The van der Waals surface area contributed by atoms with Crippen molar-refractivity contribution in [3.63, 3.8) is 0 Å². The Morgan fingerprint density at radius 3 is 2.16 bits per heavy atom. The Kier molecular flexibility index (Phi) is 5.20. The molecule has 1 fully saturated rings. The van der Waals surface area contributed by atoms with Gasteiger partial charge in [0, 0.05) is 6.04 Å². The number of nitrogens with two attached hydrogens (primary N) is 1. The number of rotatable bonds is 3. The van der Waals surface area contributed by atoms with Gasteiger partial charge >= 0.3 is 6.09 Å². The molecular weight excluding hydrogens is 244 g/mol. The Bertz CT molecular complexity index is 330. The lowest BCUT2D eigenvalue weighted by Gasteiger charge is -2.38. The van der Waals surface area contributed by atoms with Crippen LogP contribution >= 0.6 is 0 Å². The fourth-order valence-electron chi connectivity index (χ4n) is 2.43. The molecule has 0 aromatic heterocycles. The summed E-state index contributed by atoms with van der Waals surface area (Å²) in [4.78, 5) is 25.3. The van der Waals surface area contributed by atoms with Crippen molar-refractivity contribution in [2.24, 2.45) is 5.73 Å². The third-order valence-electron chi connectivity index (χ3n) is 3.40. The molecule has 0 spiro atoms. The standard InChI is InChI=1S/C14H26N2O3/c1-10(12(15)17)16(11-8-6-5-7-9-11)13(18)19-14(2,3)4/h10-11H,5-9H2,1-4H3,(H2,15,17). The number of amides is 2. The Balaban J connectivity index is 2.84. The van der Waals surface area contributed by atoms with E-state index in [1.807, 2.05) is 20.8 Å². The second-order valence-electron chi connectivity index (χ2n) is 6.26. The number of ether oxygens (including phenoxy) is 1.